The van der Waals surface area contributed by atoms with E-state index in [-0.39, 0.29) is 24.3 Å². The molecule has 2 atom stereocenters. The van der Waals surface area contributed by atoms with Gasteiger partial charge in [0.1, 0.15) is 23.1 Å². The lowest BCUT2D eigenvalue weighted by atomic mass is 9.84. The van der Waals surface area contributed by atoms with E-state index in [2.05, 4.69) is 10.2 Å². The number of rotatable bonds is 9. The Balaban J connectivity index is 1.75. The third-order valence-electron chi connectivity index (χ3n) is 7.30. The van der Waals surface area contributed by atoms with E-state index < -0.39 is 12.0 Å². The largest absolute Gasteiger partial charge is 0.497 e. The third-order valence-corrected chi connectivity index (χ3v) is 7.30. The van der Waals surface area contributed by atoms with Crippen molar-refractivity contribution in [3.63, 3.8) is 0 Å². The highest BCUT2D eigenvalue weighted by Gasteiger charge is 2.42. The number of ether oxygens (including phenoxy) is 3. The Labute approximate surface area is 244 Å². The molecule has 0 aliphatic carbocycles. The van der Waals surface area contributed by atoms with E-state index in [0.29, 0.717) is 34.8 Å². The summed E-state index contributed by atoms with van der Waals surface area (Å²) in [6.07, 6.45) is 0.371. The van der Waals surface area contributed by atoms with Crippen LogP contribution in [0.5, 0.6) is 11.5 Å². The Hall–Kier alpha value is -4.85. The molecule has 1 aliphatic rings. The van der Waals surface area contributed by atoms with Crippen LogP contribution in [0.1, 0.15) is 36.6 Å². The van der Waals surface area contributed by atoms with Gasteiger partial charge in [-0.15, -0.1) is 0 Å². The molecule has 0 bridgehead atoms. The van der Waals surface area contributed by atoms with Gasteiger partial charge in [-0.25, -0.2) is 13.6 Å². The Bertz CT molecular complexity index is 1540. The van der Waals surface area contributed by atoms with Crippen molar-refractivity contribution in [1.82, 2.24) is 0 Å². The van der Waals surface area contributed by atoms with Crippen LogP contribution in [0, 0.1) is 11.6 Å². The van der Waals surface area contributed by atoms with Crippen molar-refractivity contribution in [3.8, 4) is 11.5 Å². The highest BCUT2D eigenvalue weighted by molar-refractivity contribution is 5.93. The van der Waals surface area contributed by atoms with Gasteiger partial charge in [-0.3, -0.25) is 0 Å². The molecule has 0 aromatic heterocycles. The van der Waals surface area contributed by atoms with Crippen LogP contribution < -0.4 is 19.7 Å². The number of hydrogen-bond donors (Lipinski definition) is 1. The lowest BCUT2D eigenvalue weighted by molar-refractivity contribution is -0.139. The Morgan fingerprint density at radius 3 is 1.83 bits per heavy atom. The monoisotopic (exact) mass is 570 g/mol. The lowest BCUT2D eigenvalue weighted by Gasteiger charge is -2.46. The maximum atomic E-state index is 14.2. The predicted octanol–water partition coefficient (Wildman–Crippen LogP) is 7.60. The van der Waals surface area contributed by atoms with Crippen molar-refractivity contribution in [2.75, 3.05) is 31.0 Å². The number of methoxy groups -OCH3 is 2. The molecule has 0 spiro atoms. The lowest BCUT2D eigenvalue weighted by Crippen LogP contribution is -2.41. The van der Waals surface area contributed by atoms with Crippen LogP contribution in [0.4, 0.5) is 20.2 Å². The Morgan fingerprint density at radius 1 is 0.786 bits per heavy atom. The van der Waals surface area contributed by atoms with E-state index in [1.165, 1.54) is 24.3 Å². The average molecular weight is 571 g/mol. The first-order valence-electron chi connectivity index (χ1n) is 13.7. The van der Waals surface area contributed by atoms with Crippen LogP contribution in [0.2, 0.25) is 0 Å². The molecule has 0 saturated carbocycles. The number of hydrogen-bond acceptors (Lipinski definition) is 6. The number of esters is 1. The number of benzene rings is 4. The van der Waals surface area contributed by atoms with Crippen molar-refractivity contribution in [2.24, 2.45) is 0 Å². The summed E-state index contributed by atoms with van der Waals surface area (Å²) in [5.41, 5.74) is 4.12. The molecule has 4 aromatic rings. The van der Waals surface area contributed by atoms with Gasteiger partial charge in [0.15, 0.2) is 0 Å². The van der Waals surface area contributed by atoms with Gasteiger partial charge in [0.2, 0.25) is 0 Å². The van der Waals surface area contributed by atoms with Crippen LogP contribution in [0.25, 0.3) is 0 Å². The maximum Gasteiger partial charge on any atom is 0.338 e. The predicted molar refractivity (Wildman–Crippen MR) is 159 cm³/mol. The van der Waals surface area contributed by atoms with E-state index >= 15 is 0 Å². The minimum Gasteiger partial charge on any atom is -0.497 e. The zero-order chi connectivity index (χ0) is 29.6. The van der Waals surface area contributed by atoms with Crippen LogP contribution >= 0.6 is 0 Å². The van der Waals surface area contributed by atoms with Crippen LogP contribution in [0.3, 0.4) is 0 Å². The van der Waals surface area contributed by atoms with Crippen LogP contribution in [-0.2, 0) is 9.53 Å². The van der Waals surface area contributed by atoms with Gasteiger partial charge in [-0.1, -0.05) is 24.3 Å². The molecule has 5 rings (SSSR count). The molecule has 42 heavy (non-hydrogen) atoms. The zero-order valence-electron chi connectivity index (χ0n) is 23.6. The van der Waals surface area contributed by atoms with E-state index in [1.807, 2.05) is 48.5 Å². The van der Waals surface area contributed by atoms with Gasteiger partial charge in [-0.2, -0.15) is 0 Å². The van der Waals surface area contributed by atoms with Crippen molar-refractivity contribution >= 4 is 17.3 Å². The molecule has 2 unspecified atom stereocenters. The second kappa shape index (κ2) is 12.8. The van der Waals surface area contributed by atoms with Gasteiger partial charge in [0.25, 0.3) is 0 Å². The van der Waals surface area contributed by atoms with Gasteiger partial charge in [0.05, 0.1) is 38.5 Å². The van der Waals surface area contributed by atoms with Crippen LogP contribution in [-0.4, -0.2) is 26.8 Å². The summed E-state index contributed by atoms with van der Waals surface area (Å²) in [5.74, 6) is 0.149. The number of anilines is 2. The Morgan fingerprint density at radius 2 is 1.31 bits per heavy atom. The number of halogens is 2. The molecular formula is C34H32F2N2O4. The SMILES string of the molecule is CCOC(=O)C1=C(Nc2ccc(OC)cc2)CC(c2ccc(F)cc2)N(c2ccc(OC)cc2)C1c1ccc(F)cc1. The van der Waals surface area contributed by atoms with Gasteiger partial charge in [0, 0.05) is 23.5 Å². The topological polar surface area (TPSA) is 60.0 Å². The summed E-state index contributed by atoms with van der Waals surface area (Å²) in [6.45, 7) is 1.94. The standard InChI is InChI=1S/C34H32F2N2O4/c1-4-42-34(39)32-30(37-26-13-17-28(40-2)18-14-26)21-31(22-5-9-24(35)10-6-22)38(27-15-19-29(41-3)20-16-27)33(32)23-7-11-25(36)12-8-23/h5-20,31,33,37H,4,21H2,1-3H3. The minimum absolute atomic E-state index is 0.179. The molecule has 1 heterocycles. The van der Waals surface area contributed by atoms with E-state index in [0.717, 1.165) is 16.9 Å². The third kappa shape index (κ3) is 6.07. The van der Waals surface area contributed by atoms with Gasteiger partial charge < -0.3 is 24.4 Å². The van der Waals surface area contributed by atoms with E-state index in [4.69, 9.17) is 14.2 Å². The summed E-state index contributed by atoms with van der Waals surface area (Å²) < 4.78 is 44.5. The van der Waals surface area contributed by atoms with Crippen molar-refractivity contribution < 1.29 is 27.8 Å². The highest BCUT2D eigenvalue weighted by Crippen LogP contribution is 2.48. The first-order valence-corrected chi connectivity index (χ1v) is 13.7. The zero-order valence-corrected chi connectivity index (χ0v) is 23.6. The van der Waals surface area contributed by atoms with Crippen molar-refractivity contribution in [2.45, 2.75) is 25.4 Å². The molecule has 0 saturated heterocycles. The summed E-state index contributed by atoms with van der Waals surface area (Å²) in [7, 11) is 3.19. The first kappa shape index (κ1) is 28.7. The average Bonchev–Trinajstić information content (AvgIpc) is 3.02. The number of carbonyl (C=O) groups is 1. The normalized spacial score (nSPS) is 16.6. The molecule has 1 N–H and O–H groups in total. The molecule has 0 fully saturated rings. The summed E-state index contributed by atoms with van der Waals surface area (Å²) >= 11 is 0. The molecular weight excluding hydrogens is 538 g/mol. The molecule has 0 amide bonds. The maximum absolute atomic E-state index is 14.2. The molecule has 216 valence electrons. The van der Waals surface area contributed by atoms with Gasteiger partial charge in [-0.05, 0) is 90.8 Å². The second-order valence-corrected chi connectivity index (χ2v) is 9.80. The fourth-order valence-electron chi connectivity index (χ4n) is 5.32. The van der Waals surface area contributed by atoms with Crippen LogP contribution in [0.15, 0.2) is 108 Å². The molecule has 6 nitrogen and oxygen atoms in total. The minimum atomic E-state index is -0.678. The molecule has 4 aromatic carbocycles. The summed E-state index contributed by atoms with van der Waals surface area (Å²) in [5, 5.41) is 3.46. The fraction of sp³-hybridized carbons (Fsp3) is 0.206. The fourth-order valence-corrected chi connectivity index (χ4v) is 5.32. The second-order valence-electron chi connectivity index (χ2n) is 9.80. The van der Waals surface area contributed by atoms with E-state index in [9.17, 15) is 13.6 Å². The Kier molecular flexibility index (Phi) is 8.71. The highest BCUT2D eigenvalue weighted by atomic mass is 19.1. The smallest absolute Gasteiger partial charge is 0.338 e. The van der Waals surface area contributed by atoms with Crippen molar-refractivity contribution in [3.05, 3.63) is 131 Å². The molecule has 8 heteroatoms. The van der Waals surface area contributed by atoms with E-state index in [1.54, 1.807) is 45.4 Å². The molecule has 0 radical (unpaired) electrons. The first-order chi connectivity index (χ1) is 20.4. The molecule has 1 aliphatic heterocycles. The number of nitrogens with one attached hydrogen (secondary N) is 1. The van der Waals surface area contributed by atoms with Gasteiger partial charge >= 0.3 is 5.97 Å². The summed E-state index contributed by atoms with van der Waals surface area (Å²) in [6, 6.07) is 26.3. The van der Waals surface area contributed by atoms with Crippen molar-refractivity contribution in [1.29, 1.82) is 0 Å². The quantitative estimate of drug-likeness (QED) is 0.209. The number of carbonyl (C=O) groups excluding carboxylic acids is 1. The summed E-state index contributed by atoms with van der Waals surface area (Å²) in [4.78, 5) is 15.9. The number of nitrogens with zero attached hydrogens (tertiary/aromatic N) is 1.